The molecule has 1 aromatic carbocycles. The highest BCUT2D eigenvalue weighted by molar-refractivity contribution is 6.06. The van der Waals surface area contributed by atoms with Crippen LogP contribution in [0.4, 0.5) is 5.69 Å². The molecule has 0 fully saturated rings. The first-order valence-corrected chi connectivity index (χ1v) is 7.08. The van der Waals surface area contributed by atoms with Crippen LogP contribution in [0, 0.1) is 5.41 Å². The molecule has 1 aliphatic heterocycles. The number of carbonyl (C=O) groups is 1. The minimum atomic E-state index is -0.353. The lowest BCUT2D eigenvalue weighted by molar-refractivity contribution is -0.122. The molecule has 0 saturated heterocycles. The number of carbonyl (C=O) groups excluding carboxylic acids is 1. The zero-order chi connectivity index (χ0) is 15.1. The Morgan fingerprint density at radius 2 is 1.65 bits per heavy atom. The van der Waals surface area contributed by atoms with Crippen molar-refractivity contribution in [1.29, 1.82) is 0 Å². The highest BCUT2D eigenvalue weighted by atomic mass is 16.2. The largest absolute Gasteiger partial charge is 0.305 e. The third-order valence-electron chi connectivity index (χ3n) is 3.49. The van der Waals surface area contributed by atoms with Crippen molar-refractivity contribution >= 4 is 17.8 Å². The summed E-state index contributed by atoms with van der Waals surface area (Å²) in [5.41, 5.74) is 1.48. The summed E-state index contributed by atoms with van der Waals surface area (Å²) in [6.07, 6.45) is 1.84. The van der Waals surface area contributed by atoms with Gasteiger partial charge in [-0.2, -0.15) is 0 Å². The molecule has 2 rings (SSSR count). The summed E-state index contributed by atoms with van der Waals surface area (Å²) in [6, 6.07) is 7.60. The molecule has 1 aliphatic rings. The summed E-state index contributed by atoms with van der Waals surface area (Å²) >= 11 is 0. The Balaban J connectivity index is 2.62. The van der Waals surface area contributed by atoms with Crippen LogP contribution in [0.3, 0.4) is 0 Å². The number of anilines is 1. The van der Waals surface area contributed by atoms with E-state index in [4.69, 9.17) is 0 Å². The number of benzene rings is 1. The standard InChI is InChI=1S/C17H24N2O/c1-16(2,3)14-15(20)19(17(4,5)6)13-10-8-7-9-12(13)11-18-14/h7-11,14H,1-6H3. The van der Waals surface area contributed by atoms with Crippen molar-refractivity contribution in [3.05, 3.63) is 29.8 Å². The number of amides is 1. The van der Waals surface area contributed by atoms with E-state index in [1.807, 2.05) is 35.4 Å². The van der Waals surface area contributed by atoms with Gasteiger partial charge in [-0.05, 0) is 32.3 Å². The molecule has 0 spiro atoms. The second-order valence-corrected chi connectivity index (χ2v) is 7.45. The summed E-state index contributed by atoms with van der Waals surface area (Å²) in [7, 11) is 0. The highest BCUT2D eigenvalue weighted by Gasteiger charge is 2.40. The predicted octanol–water partition coefficient (Wildman–Crippen LogP) is 3.67. The molecule has 1 atom stereocenters. The molecule has 0 bridgehead atoms. The van der Waals surface area contributed by atoms with Gasteiger partial charge in [0, 0.05) is 17.3 Å². The van der Waals surface area contributed by atoms with Crippen LogP contribution in [-0.4, -0.2) is 23.7 Å². The average molecular weight is 272 g/mol. The van der Waals surface area contributed by atoms with E-state index >= 15 is 0 Å². The van der Waals surface area contributed by atoms with Gasteiger partial charge in [0.1, 0.15) is 6.04 Å². The highest BCUT2D eigenvalue weighted by Crippen LogP contribution is 2.34. The fourth-order valence-electron chi connectivity index (χ4n) is 2.55. The summed E-state index contributed by atoms with van der Waals surface area (Å²) in [4.78, 5) is 19.5. The smallest absolute Gasteiger partial charge is 0.252 e. The van der Waals surface area contributed by atoms with Crippen molar-refractivity contribution in [2.75, 3.05) is 4.90 Å². The van der Waals surface area contributed by atoms with Crippen molar-refractivity contribution < 1.29 is 4.79 Å². The average Bonchev–Trinajstić information content (AvgIpc) is 2.42. The minimum Gasteiger partial charge on any atom is -0.305 e. The third-order valence-corrected chi connectivity index (χ3v) is 3.49. The van der Waals surface area contributed by atoms with Crippen LogP contribution in [0.1, 0.15) is 47.1 Å². The Hall–Kier alpha value is -1.64. The molecule has 0 radical (unpaired) electrons. The Bertz CT molecular complexity index is 547. The van der Waals surface area contributed by atoms with Gasteiger partial charge in [0.25, 0.3) is 5.91 Å². The summed E-state index contributed by atoms with van der Waals surface area (Å²) in [5.74, 6) is 0.0752. The molecule has 0 aliphatic carbocycles. The molecule has 1 heterocycles. The van der Waals surface area contributed by atoms with Crippen LogP contribution in [0.2, 0.25) is 0 Å². The third kappa shape index (κ3) is 2.62. The van der Waals surface area contributed by atoms with Gasteiger partial charge in [0.05, 0.1) is 5.69 Å². The topological polar surface area (TPSA) is 32.7 Å². The van der Waals surface area contributed by atoms with E-state index in [1.165, 1.54) is 0 Å². The molecule has 0 aromatic heterocycles. The van der Waals surface area contributed by atoms with Gasteiger partial charge < -0.3 is 4.90 Å². The lowest BCUT2D eigenvalue weighted by atomic mass is 9.85. The van der Waals surface area contributed by atoms with Crippen LogP contribution >= 0.6 is 0 Å². The van der Waals surface area contributed by atoms with E-state index in [1.54, 1.807) is 0 Å². The van der Waals surface area contributed by atoms with Crippen LogP contribution in [0.15, 0.2) is 29.3 Å². The van der Waals surface area contributed by atoms with E-state index in [-0.39, 0.29) is 22.9 Å². The van der Waals surface area contributed by atoms with Gasteiger partial charge in [-0.1, -0.05) is 39.0 Å². The molecule has 0 saturated carbocycles. The van der Waals surface area contributed by atoms with Crippen LogP contribution in [0.25, 0.3) is 0 Å². The number of para-hydroxylation sites is 1. The Morgan fingerprint density at radius 1 is 1.05 bits per heavy atom. The van der Waals surface area contributed by atoms with Crippen molar-refractivity contribution in [2.45, 2.75) is 53.1 Å². The van der Waals surface area contributed by atoms with Crippen LogP contribution in [-0.2, 0) is 4.79 Å². The van der Waals surface area contributed by atoms with Gasteiger partial charge in [-0.15, -0.1) is 0 Å². The number of hydrogen-bond acceptors (Lipinski definition) is 2. The van der Waals surface area contributed by atoms with E-state index in [0.717, 1.165) is 11.3 Å². The summed E-state index contributed by atoms with van der Waals surface area (Å²) in [5, 5.41) is 0. The van der Waals surface area contributed by atoms with E-state index in [2.05, 4.69) is 46.5 Å². The lowest BCUT2D eigenvalue weighted by Crippen LogP contribution is -2.52. The molecule has 108 valence electrons. The first kappa shape index (κ1) is 14.8. The fourth-order valence-corrected chi connectivity index (χ4v) is 2.55. The van der Waals surface area contributed by atoms with Gasteiger partial charge in [0.15, 0.2) is 0 Å². The fraction of sp³-hybridized carbons (Fsp3) is 0.529. The summed E-state index contributed by atoms with van der Waals surface area (Å²) in [6.45, 7) is 12.4. The molecule has 1 amide bonds. The SMILES string of the molecule is CC(C)(C)C1N=Cc2ccccc2N(C(C)(C)C)C1=O. The molecule has 1 unspecified atom stereocenters. The maximum Gasteiger partial charge on any atom is 0.252 e. The Morgan fingerprint density at radius 3 is 2.20 bits per heavy atom. The normalized spacial score (nSPS) is 19.8. The van der Waals surface area contributed by atoms with Gasteiger partial charge in [-0.25, -0.2) is 0 Å². The van der Waals surface area contributed by atoms with E-state index in [0.29, 0.717) is 0 Å². The molecular formula is C17H24N2O. The van der Waals surface area contributed by atoms with Crippen LogP contribution < -0.4 is 4.90 Å². The van der Waals surface area contributed by atoms with Gasteiger partial charge in [-0.3, -0.25) is 9.79 Å². The summed E-state index contributed by atoms with van der Waals surface area (Å²) < 4.78 is 0. The predicted molar refractivity (Wildman–Crippen MR) is 84.5 cm³/mol. The van der Waals surface area contributed by atoms with Crippen molar-refractivity contribution in [3.63, 3.8) is 0 Å². The second-order valence-electron chi connectivity index (χ2n) is 7.45. The number of rotatable bonds is 0. The first-order chi connectivity index (χ1) is 9.12. The number of nitrogens with zero attached hydrogens (tertiary/aromatic N) is 2. The number of fused-ring (bicyclic) bond motifs is 1. The minimum absolute atomic E-state index is 0.0752. The zero-order valence-corrected chi connectivity index (χ0v) is 13.3. The maximum absolute atomic E-state index is 13.0. The Labute approximate surface area is 121 Å². The molecular weight excluding hydrogens is 248 g/mol. The molecule has 0 N–H and O–H groups in total. The monoisotopic (exact) mass is 272 g/mol. The molecule has 3 nitrogen and oxygen atoms in total. The second kappa shape index (κ2) is 4.72. The number of aliphatic imine (C=N–C) groups is 1. The molecule has 20 heavy (non-hydrogen) atoms. The van der Waals surface area contributed by atoms with Crippen molar-refractivity contribution in [3.8, 4) is 0 Å². The maximum atomic E-state index is 13.0. The first-order valence-electron chi connectivity index (χ1n) is 7.08. The van der Waals surface area contributed by atoms with Crippen molar-refractivity contribution in [1.82, 2.24) is 0 Å². The van der Waals surface area contributed by atoms with Gasteiger partial charge >= 0.3 is 0 Å². The van der Waals surface area contributed by atoms with E-state index in [9.17, 15) is 4.79 Å². The number of benzodiazepines with no additional fused rings is 1. The number of hydrogen-bond donors (Lipinski definition) is 0. The zero-order valence-electron chi connectivity index (χ0n) is 13.3. The lowest BCUT2D eigenvalue weighted by Gasteiger charge is -2.39. The molecule has 1 aromatic rings. The molecule has 3 heteroatoms. The van der Waals surface area contributed by atoms with Crippen molar-refractivity contribution in [2.24, 2.45) is 10.4 Å². The van der Waals surface area contributed by atoms with Gasteiger partial charge in [0.2, 0.25) is 0 Å². The Kier molecular flexibility index (Phi) is 3.49. The van der Waals surface area contributed by atoms with Crippen LogP contribution in [0.5, 0.6) is 0 Å². The van der Waals surface area contributed by atoms with E-state index < -0.39 is 0 Å². The quantitative estimate of drug-likeness (QED) is 0.709.